The molecule has 0 aromatic heterocycles. The summed E-state index contributed by atoms with van der Waals surface area (Å²) in [4.78, 5) is 26.0. The van der Waals surface area contributed by atoms with E-state index in [0.717, 1.165) is 16.9 Å². The van der Waals surface area contributed by atoms with E-state index >= 15 is 0 Å². The second-order valence-electron chi connectivity index (χ2n) is 6.49. The second-order valence-corrected chi connectivity index (χ2v) is 6.89. The number of ether oxygens (including phenoxy) is 1. The molecule has 0 spiro atoms. The molecule has 0 aliphatic carbocycles. The number of halogens is 1. The number of rotatable bonds is 9. The van der Waals surface area contributed by atoms with Gasteiger partial charge in [0.2, 0.25) is 11.8 Å². The molecule has 0 fully saturated rings. The maximum Gasteiger partial charge on any atom is 0.243 e. The Hall–Kier alpha value is -2.57. The fourth-order valence-corrected chi connectivity index (χ4v) is 2.82. The fraction of sp³-hybridized carbons (Fsp3) is 0.333. The van der Waals surface area contributed by atoms with Gasteiger partial charge in [-0.3, -0.25) is 14.5 Å². The zero-order valence-electron chi connectivity index (χ0n) is 16.4. The molecule has 0 heterocycles. The van der Waals surface area contributed by atoms with Crippen molar-refractivity contribution in [3.63, 3.8) is 0 Å². The van der Waals surface area contributed by atoms with Gasteiger partial charge in [-0.25, -0.2) is 0 Å². The molecular formula is C21H26ClN3O3. The normalized spacial score (nSPS) is 10.6. The van der Waals surface area contributed by atoms with E-state index in [0.29, 0.717) is 23.9 Å². The zero-order valence-corrected chi connectivity index (χ0v) is 17.2. The minimum atomic E-state index is -0.298. The Labute approximate surface area is 170 Å². The van der Waals surface area contributed by atoms with Crippen LogP contribution in [0.15, 0.2) is 42.5 Å². The van der Waals surface area contributed by atoms with Crippen molar-refractivity contribution >= 4 is 29.1 Å². The first-order valence-corrected chi connectivity index (χ1v) is 9.48. The molecule has 150 valence electrons. The van der Waals surface area contributed by atoms with Crippen molar-refractivity contribution in [2.45, 2.75) is 20.4 Å². The van der Waals surface area contributed by atoms with E-state index in [1.807, 2.05) is 50.1 Å². The Kier molecular flexibility index (Phi) is 8.29. The minimum absolute atomic E-state index is 0.0956. The van der Waals surface area contributed by atoms with Crippen LogP contribution in [0.1, 0.15) is 18.1 Å². The monoisotopic (exact) mass is 403 g/mol. The van der Waals surface area contributed by atoms with Crippen molar-refractivity contribution in [1.82, 2.24) is 10.2 Å². The summed E-state index contributed by atoms with van der Waals surface area (Å²) in [7, 11) is 1.85. The summed E-state index contributed by atoms with van der Waals surface area (Å²) in [6.07, 6.45) is 0. The molecule has 0 saturated heterocycles. The van der Waals surface area contributed by atoms with E-state index in [4.69, 9.17) is 16.3 Å². The lowest BCUT2D eigenvalue weighted by molar-refractivity contribution is -0.124. The molecule has 0 saturated carbocycles. The first-order chi connectivity index (χ1) is 13.4. The molecule has 6 nitrogen and oxygen atoms in total. The standard InChI is InChI=1S/C21H26ClN3O3/c1-4-28-17-10-8-16(9-11-17)13-25(3)14-21(27)23-12-20(26)24-19-7-5-6-18(22)15(19)2/h5-11H,4,12-14H2,1-3H3,(H,23,27)(H,24,26). The summed E-state index contributed by atoms with van der Waals surface area (Å²) >= 11 is 6.04. The highest BCUT2D eigenvalue weighted by Gasteiger charge is 2.11. The zero-order chi connectivity index (χ0) is 20.5. The van der Waals surface area contributed by atoms with Crippen LogP contribution in [0.4, 0.5) is 5.69 Å². The highest BCUT2D eigenvalue weighted by molar-refractivity contribution is 6.31. The lowest BCUT2D eigenvalue weighted by Gasteiger charge is -2.17. The lowest BCUT2D eigenvalue weighted by Crippen LogP contribution is -2.39. The predicted octanol–water partition coefficient (Wildman–Crippen LogP) is 3.23. The van der Waals surface area contributed by atoms with Crippen molar-refractivity contribution in [2.75, 3.05) is 32.1 Å². The molecule has 28 heavy (non-hydrogen) atoms. The molecule has 2 amide bonds. The van der Waals surface area contributed by atoms with Crippen molar-refractivity contribution in [2.24, 2.45) is 0 Å². The highest BCUT2D eigenvalue weighted by atomic mass is 35.5. The summed E-state index contributed by atoms with van der Waals surface area (Å²) < 4.78 is 5.42. The van der Waals surface area contributed by atoms with Crippen LogP contribution in [-0.4, -0.2) is 43.5 Å². The number of benzene rings is 2. The number of amides is 2. The third kappa shape index (κ3) is 6.87. The average molecular weight is 404 g/mol. The molecule has 0 aliphatic rings. The Morgan fingerprint density at radius 2 is 1.82 bits per heavy atom. The Morgan fingerprint density at radius 3 is 2.50 bits per heavy atom. The van der Waals surface area contributed by atoms with Gasteiger partial charge in [0.25, 0.3) is 0 Å². The van der Waals surface area contributed by atoms with Crippen LogP contribution < -0.4 is 15.4 Å². The molecule has 0 radical (unpaired) electrons. The number of hydrogen-bond acceptors (Lipinski definition) is 4. The smallest absolute Gasteiger partial charge is 0.243 e. The van der Waals surface area contributed by atoms with Crippen molar-refractivity contribution in [3.8, 4) is 5.75 Å². The maximum atomic E-state index is 12.1. The maximum absolute atomic E-state index is 12.1. The van der Waals surface area contributed by atoms with Crippen LogP contribution in [0, 0.1) is 6.92 Å². The van der Waals surface area contributed by atoms with Gasteiger partial charge in [0.1, 0.15) is 5.75 Å². The largest absolute Gasteiger partial charge is 0.494 e. The molecule has 2 rings (SSSR count). The Morgan fingerprint density at radius 1 is 1.11 bits per heavy atom. The molecule has 2 N–H and O–H groups in total. The molecular weight excluding hydrogens is 378 g/mol. The van der Waals surface area contributed by atoms with Gasteiger partial charge in [-0.2, -0.15) is 0 Å². The Balaban J connectivity index is 1.75. The van der Waals surface area contributed by atoms with Gasteiger partial charge in [-0.1, -0.05) is 29.8 Å². The van der Waals surface area contributed by atoms with Gasteiger partial charge < -0.3 is 15.4 Å². The molecule has 2 aromatic carbocycles. The lowest BCUT2D eigenvalue weighted by atomic mass is 10.2. The molecule has 0 atom stereocenters. The molecule has 0 aliphatic heterocycles. The Bertz CT molecular complexity index is 809. The number of carbonyl (C=O) groups is 2. The quantitative estimate of drug-likeness (QED) is 0.674. The van der Waals surface area contributed by atoms with E-state index in [1.54, 1.807) is 18.2 Å². The van der Waals surface area contributed by atoms with Gasteiger partial charge >= 0.3 is 0 Å². The topological polar surface area (TPSA) is 70.7 Å². The summed E-state index contributed by atoms with van der Waals surface area (Å²) in [5.41, 5.74) is 2.51. The van der Waals surface area contributed by atoms with Gasteiger partial charge in [0.15, 0.2) is 0 Å². The van der Waals surface area contributed by atoms with E-state index in [1.165, 1.54) is 0 Å². The van der Waals surface area contributed by atoms with Crippen molar-refractivity contribution in [1.29, 1.82) is 0 Å². The summed E-state index contributed by atoms with van der Waals surface area (Å²) in [6.45, 7) is 5.11. The van der Waals surface area contributed by atoms with E-state index in [-0.39, 0.29) is 24.9 Å². The van der Waals surface area contributed by atoms with Crippen LogP contribution in [0.25, 0.3) is 0 Å². The summed E-state index contributed by atoms with van der Waals surface area (Å²) in [5.74, 6) is 0.312. The first-order valence-electron chi connectivity index (χ1n) is 9.11. The fourth-order valence-electron chi connectivity index (χ4n) is 2.64. The number of hydrogen-bond donors (Lipinski definition) is 2. The highest BCUT2D eigenvalue weighted by Crippen LogP contribution is 2.22. The van der Waals surface area contributed by atoms with Crippen LogP contribution in [-0.2, 0) is 16.1 Å². The minimum Gasteiger partial charge on any atom is -0.494 e. The summed E-state index contributed by atoms with van der Waals surface area (Å²) in [5, 5.41) is 5.97. The summed E-state index contributed by atoms with van der Waals surface area (Å²) in [6, 6.07) is 13.1. The van der Waals surface area contributed by atoms with E-state index in [9.17, 15) is 9.59 Å². The predicted molar refractivity (Wildman–Crippen MR) is 112 cm³/mol. The van der Waals surface area contributed by atoms with Crippen LogP contribution >= 0.6 is 11.6 Å². The SMILES string of the molecule is CCOc1ccc(CN(C)CC(=O)NCC(=O)Nc2cccc(Cl)c2C)cc1. The molecule has 0 bridgehead atoms. The van der Waals surface area contributed by atoms with Gasteiger partial charge in [0, 0.05) is 17.3 Å². The average Bonchev–Trinajstić information content (AvgIpc) is 2.65. The third-order valence-corrected chi connectivity index (χ3v) is 4.50. The van der Waals surface area contributed by atoms with Crippen LogP contribution in [0.3, 0.4) is 0 Å². The number of carbonyl (C=O) groups excluding carboxylic acids is 2. The number of likely N-dealkylation sites (N-methyl/N-ethyl adjacent to an activating group) is 1. The van der Waals surface area contributed by atoms with E-state index < -0.39 is 0 Å². The molecule has 2 aromatic rings. The second kappa shape index (κ2) is 10.7. The van der Waals surface area contributed by atoms with Crippen molar-refractivity contribution < 1.29 is 14.3 Å². The number of anilines is 1. The van der Waals surface area contributed by atoms with Gasteiger partial charge in [-0.15, -0.1) is 0 Å². The third-order valence-electron chi connectivity index (χ3n) is 4.09. The van der Waals surface area contributed by atoms with Crippen LogP contribution in [0.5, 0.6) is 5.75 Å². The van der Waals surface area contributed by atoms with Crippen molar-refractivity contribution in [3.05, 3.63) is 58.6 Å². The van der Waals surface area contributed by atoms with Gasteiger partial charge in [0.05, 0.1) is 19.7 Å². The first kappa shape index (κ1) is 21.7. The number of nitrogens with one attached hydrogen (secondary N) is 2. The molecule has 0 unspecified atom stereocenters. The molecule has 7 heteroatoms. The van der Waals surface area contributed by atoms with Crippen LogP contribution in [0.2, 0.25) is 5.02 Å². The van der Waals surface area contributed by atoms with E-state index in [2.05, 4.69) is 10.6 Å². The number of nitrogens with zero attached hydrogens (tertiary/aromatic N) is 1. The van der Waals surface area contributed by atoms with Gasteiger partial charge in [-0.05, 0) is 56.3 Å².